The molecule has 25 heavy (non-hydrogen) atoms. The Bertz CT molecular complexity index is 807. The van der Waals surface area contributed by atoms with E-state index >= 15 is 0 Å². The lowest BCUT2D eigenvalue weighted by Gasteiger charge is -2.19. The van der Waals surface area contributed by atoms with E-state index in [2.05, 4.69) is 4.98 Å². The van der Waals surface area contributed by atoms with Gasteiger partial charge in [0.1, 0.15) is 12.4 Å². The van der Waals surface area contributed by atoms with Crippen LogP contribution >= 0.6 is 11.6 Å². The summed E-state index contributed by atoms with van der Waals surface area (Å²) in [4.78, 5) is 17.7. The number of hydrogen-bond acceptors (Lipinski definition) is 4. The molecular weight excluding hydrogens is 363 g/mol. The van der Waals surface area contributed by atoms with Crippen LogP contribution in [0.15, 0.2) is 24.5 Å². The number of carbonyl (C=O) groups excluding carboxylic acids is 1. The first-order valence-corrected chi connectivity index (χ1v) is 7.54. The van der Waals surface area contributed by atoms with Gasteiger partial charge in [-0.1, -0.05) is 11.6 Å². The van der Waals surface area contributed by atoms with Gasteiger partial charge in [-0.05, 0) is 12.1 Å². The normalized spacial score (nSPS) is 13.2. The van der Waals surface area contributed by atoms with E-state index in [1.54, 1.807) is 0 Å². The third-order valence-electron chi connectivity index (χ3n) is 3.55. The van der Waals surface area contributed by atoms with Crippen LogP contribution in [0.25, 0.3) is 0 Å². The number of hydrogen-bond donors (Lipinski definition) is 0. The fourth-order valence-corrected chi connectivity index (χ4v) is 2.69. The van der Waals surface area contributed by atoms with Crippen LogP contribution in [0.1, 0.15) is 16.2 Å². The van der Waals surface area contributed by atoms with Crippen LogP contribution in [0.2, 0.25) is 5.02 Å². The van der Waals surface area contributed by atoms with Crippen LogP contribution in [-0.4, -0.2) is 40.4 Å². The summed E-state index contributed by atoms with van der Waals surface area (Å²) in [7, 11) is 1.47. The lowest BCUT2D eigenvalue weighted by molar-refractivity contribution is -0.141. The zero-order valence-electron chi connectivity index (χ0n) is 13.0. The van der Waals surface area contributed by atoms with E-state index in [0.717, 1.165) is 4.57 Å². The van der Waals surface area contributed by atoms with Crippen molar-refractivity contribution in [2.45, 2.75) is 19.3 Å². The second-order valence-electron chi connectivity index (χ2n) is 5.44. The molecule has 10 heteroatoms. The van der Waals surface area contributed by atoms with Crippen molar-refractivity contribution >= 4 is 17.5 Å². The Morgan fingerprint density at radius 2 is 2.16 bits per heavy atom. The van der Waals surface area contributed by atoms with Crippen molar-refractivity contribution in [3.05, 3.63) is 40.9 Å². The molecule has 1 aromatic carbocycles. The third kappa shape index (κ3) is 3.81. The molecule has 0 unspecified atom stereocenters. The van der Waals surface area contributed by atoms with Gasteiger partial charge < -0.3 is 18.9 Å². The highest BCUT2D eigenvalue weighted by atomic mass is 35.5. The number of alkyl halides is 3. The Morgan fingerprint density at radius 1 is 1.40 bits per heavy atom. The first kappa shape index (κ1) is 17.4. The molecule has 1 aromatic heterocycles. The van der Waals surface area contributed by atoms with Crippen LogP contribution in [0.5, 0.6) is 11.5 Å². The minimum Gasteiger partial charge on any atom is -0.454 e. The molecule has 1 aliphatic rings. The van der Waals surface area contributed by atoms with E-state index < -0.39 is 18.6 Å². The van der Waals surface area contributed by atoms with E-state index in [4.69, 9.17) is 21.1 Å². The van der Waals surface area contributed by atoms with Gasteiger partial charge in [0.15, 0.2) is 11.5 Å². The van der Waals surface area contributed by atoms with Crippen LogP contribution < -0.4 is 9.47 Å². The zero-order chi connectivity index (χ0) is 18.2. The molecular formula is C15H13ClF3N3O3. The Morgan fingerprint density at radius 3 is 2.88 bits per heavy atom. The minimum atomic E-state index is -4.37. The Kier molecular flexibility index (Phi) is 4.51. The zero-order valence-corrected chi connectivity index (χ0v) is 13.8. The summed E-state index contributed by atoms with van der Waals surface area (Å²) < 4.78 is 49.0. The number of imidazole rings is 1. The van der Waals surface area contributed by atoms with Gasteiger partial charge in [0.05, 0.1) is 11.6 Å². The maximum Gasteiger partial charge on any atom is 0.406 e. The maximum absolute atomic E-state index is 12.6. The van der Waals surface area contributed by atoms with E-state index in [9.17, 15) is 18.0 Å². The molecule has 2 heterocycles. The van der Waals surface area contributed by atoms with Gasteiger partial charge in [0.25, 0.3) is 5.91 Å². The summed E-state index contributed by atoms with van der Waals surface area (Å²) in [5.41, 5.74) is 0.241. The largest absolute Gasteiger partial charge is 0.454 e. The van der Waals surface area contributed by atoms with Gasteiger partial charge in [-0.25, -0.2) is 4.98 Å². The monoisotopic (exact) mass is 375 g/mol. The van der Waals surface area contributed by atoms with Crippen molar-refractivity contribution in [2.24, 2.45) is 0 Å². The number of carbonyl (C=O) groups is 1. The van der Waals surface area contributed by atoms with Crippen LogP contribution in [0.4, 0.5) is 13.2 Å². The number of halogens is 4. The van der Waals surface area contributed by atoms with Crippen LogP contribution in [0.3, 0.4) is 0 Å². The molecule has 0 radical (unpaired) electrons. The van der Waals surface area contributed by atoms with Gasteiger partial charge in [-0.3, -0.25) is 4.79 Å². The number of amides is 1. The van der Waals surface area contributed by atoms with Crippen LogP contribution in [0, 0.1) is 0 Å². The molecule has 0 saturated heterocycles. The number of benzene rings is 1. The fraction of sp³-hybridized carbons (Fsp3) is 0.333. The molecule has 0 spiro atoms. The predicted octanol–water partition coefficient (Wildman–Crippen LogP) is 3.10. The number of rotatable bonds is 4. The molecule has 0 bridgehead atoms. The number of nitrogens with zero attached hydrogens (tertiary/aromatic N) is 3. The van der Waals surface area contributed by atoms with Crippen molar-refractivity contribution in [3.63, 3.8) is 0 Å². The van der Waals surface area contributed by atoms with E-state index in [1.807, 2.05) is 0 Å². The smallest absolute Gasteiger partial charge is 0.406 e. The van der Waals surface area contributed by atoms with Gasteiger partial charge in [-0.2, -0.15) is 13.2 Å². The molecule has 6 nitrogen and oxygen atoms in total. The average molecular weight is 376 g/mol. The van der Waals surface area contributed by atoms with Gasteiger partial charge in [0, 0.05) is 25.0 Å². The lowest BCUT2D eigenvalue weighted by Crippen LogP contribution is -2.29. The molecule has 0 N–H and O–H groups in total. The number of aromatic nitrogens is 2. The Labute approximate surface area is 145 Å². The van der Waals surface area contributed by atoms with Crippen molar-refractivity contribution in [1.82, 2.24) is 14.5 Å². The SMILES string of the molecule is CN(Cc1nccn1CC(F)(F)F)C(=O)c1cc(Cl)c2c(c1)OCO2. The number of fused-ring (bicyclic) bond motifs is 1. The molecule has 2 aromatic rings. The van der Waals surface area contributed by atoms with Crippen LogP contribution in [-0.2, 0) is 13.1 Å². The molecule has 0 saturated carbocycles. The highest BCUT2D eigenvalue weighted by Gasteiger charge is 2.29. The highest BCUT2D eigenvalue weighted by molar-refractivity contribution is 6.32. The van der Waals surface area contributed by atoms with E-state index in [1.165, 1.54) is 36.5 Å². The summed E-state index contributed by atoms with van der Waals surface area (Å²) >= 11 is 6.05. The van der Waals surface area contributed by atoms with Crippen molar-refractivity contribution in [3.8, 4) is 11.5 Å². The van der Waals surface area contributed by atoms with E-state index in [-0.39, 0.29) is 29.7 Å². The minimum absolute atomic E-state index is 0.0113. The van der Waals surface area contributed by atoms with Crippen molar-refractivity contribution in [1.29, 1.82) is 0 Å². The Balaban J connectivity index is 1.76. The van der Waals surface area contributed by atoms with Gasteiger partial charge >= 0.3 is 6.18 Å². The fourth-order valence-electron chi connectivity index (χ4n) is 2.42. The predicted molar refractivity (Wildman–Crippen MR) is 81.7 cm³/mol. The quantitative estimate of drug-likeness (QED) is 0.824. The third-order valence-corrected chi connectivity index (χ3v) is 3.83. The molecule has 3 rings (SSSR count). The lowest BCUT2D eigenvalue weighted by atomic mass is 10.1. The van der Waals surface area contributed by atoms with E-state index in [0.29, 0.717) is 11.5 Å². The number of ether oxygens (including phenoxy) is 2. The molecule has 1 aliphatic heterocycles. The maximum atomic E-state index is 12.6. The highest BCUT2D eigenvalue weighted by Crippen LogP contribution is 2.40. The van der Waals surface area contributed by atoms with Crippen molar-refractivity contribution in [2.75, 3.05) is 13.8 Å². The summed E-state index contributed by atoms with van der Waals surface area (Å²) in [5.74, 6) is 0.409. The average Bonchev–Trinajstić information content (AvgIpc) is 3.14. The summed E-state index contributed by atoms with van der Waals surface area (Å²) in [6.07, 6.45) is -1.89. The first-order valence-electron chi connectivity index (χ1n) is 7.16. The summed E-state index contributed by atoms with van der Waals surface area (Å²) in [6.45, 7) is -1.24. The van der Waals surface area contributed by atoms with Crippen molar-refractivity contribution < 1.29 is 27.4 Å². The molecule has 1 amide bonds. The molecule has 134 valence electrons. The molecule has 0 atom stereocenters. The standard InChI is InChI=1S/C15H13ClF3N3O3/c1-21(6-12-20-2-3-22(12)7-15(17,18)19)14(23)9-4-10(16)13-11(5-9)24-8-25-13/h2-5H,6-8H2,1H3. The van der Waals surface area contributed by atoms with Gasteiger partial charge in [-0.15, -0.1) is 0 Å². The molecule has 0 fully saturated rings. The molecule has 0 aliphatic carbocycles. The topological polar surface area (TPSA) is 56.6 Å². The second-order valence-corrected chi connectivity index (χ2v) is 5.85. The second kappa shape index (κ2) is 6.47. The Hall–Kier alpha value is -2.42. The van der Waals surface area contributed by atoms with Gasteiger partial charge in [0.2, 0.25) is 6.79 Å². The first-order chi connectivity index (χ1) is 11.7. The summed E-state index contributed by atoms with van der Waals surface area (Å²) in [5, 5.41) is 0.227. The summed E-state index contributed by atoms with van der Waals surface area (Å²) in [6, 6.07) is 2.91.